The van der Waals surface area contributed by atoms with Crippen LogP contribution in [0, 0.1) is 0 Å². The van der Waals surface area contributed by atoms with Crippen molar-refractivity contribution in [2.75, 3.05) is 11.9 Å². The van der Waals surface area contributed by atoms with Crippen LogP contribution in [0.5, 0.6) is 0 Å². The zero-order chi connectivity index (χ0) is 21.2. The molecule has 0 aliphatic rings. The van der Waals surface area contributed by atoms with Crippen molar-refractivity contribution in [1.82, 2.24) is 14.7 Å². The third-order valence-corrected chi connectivity index (χ3v) is 5.63. The zero-order valence-corrected chi connectivity index (χ0v) is 16.1. The van der Waals surface area contributed by atoms with Crippen molar-refractivity contribution < 1.29 is 26.4 Å². The molecular formula is C17H14ClF3N4O3S. The van der Waals surface area contributed by atoms with Gasteiger partial charge < -0.3 is 4.98 Å². The number of H-pyrrole nitrogens is 1. The smallest absolute Gasteiger partial charge is 0.324 e. The first-order valence-electron chi connectivity index (χ1n) is 8.17. The molecule has 0 bridgehead atoms. The third kappa shape index (κ3) is 5.05. The van der Waals surface area contributed by atoms with E-state index < -0.39 is 37.6 Å². The van der Waals surface area contributed by atoms with Crippen LogP contribution in [-0.2, 0) is 21.0 Å². The molecule has 3 rings (SSSR count). The lowest BCUT2D eigenvalue weighted by Crippen LogP contribution is -2.28. The molecule has 0 atom stereocenters. The van der Waals surface area contributed by atoms with Gasteiger partial charge in [-0.15, -0.1) is 0 Å². The summed E-state index contributed by atoms with van der Waals surface area (Å²) in [5.41, 5.74) is 0.100. The molecule has 0 spiro atoms. The summed E-state index contributed by atoms with van der Waals surface area (Å²) in [6.45, 7) is -0.321. The van der Waals surface area contributed by atoms with Crippen molar-refractivity contribution in [3.63, 3.8) is 0 Å². The first-order chi connectivity index (χ1) is 13.6. The number of anilines is 1. The van der Waals surface area contributed by atoms with Gasteiger partial charge in [0.2, 0.25) is 21.9 Å². The number of para-hydroxylation sites is 2. The van der Waals surface area contributed by atoms with Crippen LogP contribution in [0.1, 0.15) is 12.0 Å². The number of rotatable bonds is 6. The van der Waals surface area contributed by atoms with E-state index in [0.29, 0.717) is 17.1 Å². The molecule has 12 heteroatoms. The number of nitrogens with one attached hydrogen (secondary N) is 3. The number of aromatic amines is 1. The number of nitrogens with zero attached hydrogens (tertiary/aromatic N) is 1. The van der Waals surface area contributed by atoms with E-state index in [-0.39, 0.29) is 18.9 Å². The van der Waals surface area contributed by atoms with Gasteiger partial charge in [-0.2, -0.15) is 13.2 Å². The Kier molecular flexibility index (Phi) is 5.82. The minimum Gasteiger partial charge on any atom is -0.324 e. The third-order valence-electron chi connectivity index (χ3n) is 3.84. The maximum absolute atomic E-state index is 12.9. The number of carbonyl (C=O) groups excluding carboxylic acids is 1. The van der Waals surface area contributed by atoms with Gasteiger partial charge in [0.25, 0.3) is 0 Å². The summed E-state index contributed by atoms with van der Waals surface area (Å²) in [6, 6.07) is 9.34. The van der Waals surface area contributed by atoms with Crippen molar-refractivity contribution in [3.8, 4) is 0 Å². The highest BCUT2D eigenvalue weighted by Gasteiger charge is 2.34. The second kappa shape index (κ2) is 8.01. The summed E-state index contributed by atoms with van der Waals surface area (Å²) in [7, 11) is -4.26. The number of amides is 1. The second-order valence-electron chi connectivity index (χ2n) is 5.94. The molecule has 3 N–H and O–H groups in total. The number of hydrogen-bond acceptors (Lipinski definition) is 4. The molecule has 1 aromatic heterocycles. The van der Waals surface area contributed by atoms with E-state index in [9.17, 15) is 26.4 Å². The normalized spacial score (nSPS) is 12.3. The van der Waals surface area contributed by atoms with Crippen LogP contribution in [0.3, 0.4) is 0 Å². The van der Waals surface area contributed by atoms with Gasteiger partial charge >= 0.3 is 6.18 Å². The molecule has 7 nitrogen and oxygen atoms in total. The maximum atomic E-state index is 12.9. The van der Waals surface area contributed by atoms with Crippen molar-refractivity contribution >= 4 is 44.5 Å². The Morgan fingerprint density at radius 1 is 1.17 bits per heavy atom. The molecule has 0 fully saturated rings. The molecule has 0 radical (unpaired) electrons. The van der Waals surface area contributed by atoms with Gasteiger partial charge in [0.1, 0.15) is 0 Å². The minimum absolute atomic E-state index is 0.201. The minimum atomic E-state index is -4.80. The Bertz CT molecular complexity index is 1130. The van der Waals surface area contributed by atoms with Gasteiger partial charge in [0.05, 0.1) is 26.5 Å². The van der Waals surface area contributed by atoms with Crippen LogP contribution in [0.25, 0.3) is 11.0 Å². The lowest BCUT2D eigenvalue weighted by Gasteiger charge is -2.12. The van der Waals surface area contributed by atoms with Crippen molar-refractivity contribution in [2.45, 2.75) is 17.5 Å². The molecule has 29 heavy (non-hydrogen) atoms. The lowest BCUT2D eigenvalue weighted by molar-refractivity contribution is -0.137. The summed E-state index contributed by atoms with van der Waals surface area (Å²) < 4.78 is 65.2. The largest absolute Gasteiger partial charge is 0.417 e. The molecule has 0 aliphatic carbocycles. The van der Waals surface area contributed by atoms with Gasteiger partial charge in [0.15, 0.2) is 0 Å². The Morgan fingerprint density at radius 2 is 1.90 bits per heavy atom. The van der Waals surface area contributed by atoms with E-state index in [1.165, 1.54) is 0 Å². The van der Waals surface area contributed by atoms with Gasteiger partial charge in [0, 0.05) is 13.0 Å². The molecular weight excluding hydrogens is 433 g/mol. The predicted octanol–water partition coefficient (Wildman–Crippen LogP) is 3.54. The molecule has 0 unspecified atom stereocenters. The number of aromatic nitrogens is 2. The number of sulfonamides is 1. The Labute approximate surface area is 168 Å². The van der Waals surface area contributed by atoms with Gasteiger partial charge in [-0.3, -0.25) is 10.1 Å². The summed E-state index contributed by atoms with van der Waals surface area (Å²) in [4.78, 5) is 18.4. The lowest BCUT2D eigenvalue weighted by atomic mass is 10.2. The Hall–Kier alpha value is -2.63. The quantitative estimate of drug-likeness (QED) is 0.538. The van der Waals surface area contributed by atoms with E-state index in [4.69, 9.17) is 11.6 Å². The molecule has 1 heterocycles. The fourth-order valence-corrected chi connectivity index (χ4v) is 3.76. The monoisotopic (exact) mass is 446 g/mol. The van der Waals surface area contributed by atoms with Crippen LogP contribution < -0.4 is 10.0 Å². The van der Waals surface area contributed by atoms with Gasteiger partial charge in [-0.05, 0) is 30.3 Å². The SMILES string of the molecule is O=C(CCNS(=O)(=O)c1ccc(Cl)c(C(F)(F)F)c1)Nc1nc2ccccc2[nH]1. The zero-order valence-electron chi connectivity index (χ0n) is 14.5. The highest BCUT2D eigenvalue weighted by atomic mass is 35.5. The van der Waals surface area contributed by atoms with Crippen LogP contribution in [0.15, 0.2) is 47.4 Å². The predicted molar refractivity (Wildman–Crippen MR) is 101 cm³/mol. The van der Waals surface area contributed by atoms with Crippen molar-refractivity contribution in [2.24, 2.45) is 0 Å². The summed E-state index contributed by atoms with van der Waals surface area (Å²) >= 11 is 5.49. The first-order valence-corrected chi connectivity index (χ1v) is 10.0. The van der Waals surface area contributed by atoms with E-state index >= 15 is 0 Å². The van der Waals surface area contributed by atoms with Crippen LogP contribution in [0.4, 0.5) is 19.1 Å². The molecule has 0 aliphatic heterocycles. The van der Waals surface area contributed by atoms with Gasteiger partial charge in [-0.1, -0.05) is 23.7 Å². The number of halogens is 4. The number of fused-ring (bicyclic) bond motifs is 1. The van der Waals surface area contributed by atoms with Crippen molar-refractivity contribution in [3.05, 3.63) is 53.1 Å². The van der Waals surface area contributed by atoms with E-state index in [2.05, 4.69) is 20.0 Å². The summed E-state index contributed by atoms with van der Waals surface area (Å²) in [6.07, 6.45) is -5.05. The van der Waals surface area contributed by atoms with E-state index in [0.717, 1.165) is 12.1 Å². The van der Waals surface area contributed by atoms with Crippen LogP contribution in [-0.4, -0.2) is 30.8 Å². The average Bonchev–Trinajstić information content (AvgIpc) is 3.02. The standard InChI is InChI=1S/C17H14ClF3N4O3S/c18-12-6-5-10(9-11(12)17(19,20)21)29(27,28)22-8-7-15(26)25-16-23-13-3-1-2-4-14(13)24-16/h1-6,9,22H,7-8H2,(H2,23,24,25,26). The molecule has 2 aromatic carbocycles. The second-order valence-corrected chi connectivity index (χ2v) is 8.11. The number of hydrogen-bond donors (Lipinski definition) is 3. The first kappa shape index (κ1) is 21.1. The van der Waals surface area contributed by atoms with Gasteiger partial charge in [-0.25, -0.2) is 18.1 Å². The van der Waals surface area contributed by atoms with Crippen LogP contribution in [0.2, 0.25) is 5.02 Å². The fraction of sp³-hybridized carbons (Fsp3) is 0.176. The number of benzene rings is 2. The molecule has 154 valence electrons. The van der Waals surface area contributed by atoms with E-state index in [1.54, 1.807) is 24.3 Å². The highest BCUT2D eigenvalue weighted by Crippen LogP contribution is 2.35. The molecule has 0 saturated heterocycles. The highest BCUT2D eigenvalue weighted by molar-refractivity contribution is 7.89. The van der Waals surface area contributed by atoms with Crippen LogP contribution >= 0.6 is 11.6 Å². The Balaban J connectivity index is 1.61. The number of imidazole rings is 1. The molecule has 3 aromatic rings. The maximum Gasteiger partial charge on any atom is 0.417 e. The van der Waals surface area contributed by atoms with E-state index in [1.807, 2.05) is 0 Å². The summed E-state index contributed by atoms with van der Waals surface area (Å²) in [5, 5.41) is 1.88. The molecule has 1 amide bonds. The average molecular weight is 447 g/mol. The number of carbonyl (C=O) groups is 1. The summed E-state index contributed by atoms with van der Waals surface area (Å²) in [5.74, 6) is -0.328. The number of alkyl halides is 3. The fourth-order valence-electron chi connectivity index (χ4n) is 2.48. The Morgan fingerprint density at radius 3 is 2.59 bits per heavy atom. The molecule has 0 saturated carbocycles. The topological polar surface area (TPSA) is 104 Å². The van der Waals surface area contributed by atoms with Crippen molar-refractivity contribution in [1.29, 1.82) is 0 Å².